The number of carbonyl (C=O) groups excluding carboxylic acids is 2. The Morgan fingerprint density at radius 3 is 2.27 bits per heavy atom. The first kappa shape index (κ1) is 28.4. The molecule has 2 amide bonds. The fourth-order valence-electron chi connectivity index (χ4n) is 4.06. The molecule has 1 unspecified atom stereocenters. The molecule has 0 saturated heterocycles. The van der Waals surface area contributed by atoms with E-state index in [1.807, 2.05) is 68.4 Å². The molecule has 1 atom stereocenters. The molecule has 0 aromatic heterocycles. The van der Waals surface area contributed by atoms with Gasteiger partial charge in [0.2, 0.25) is 21.8 Å². The van der Waals surface area contributed by atoms with Crippen LogP contribution in [0.4, 0.5) is 5.69 Å². The first-order valence-corrected chi connectivity index (χ1v) is 14.6. The van der Waals surface area contributed by atoms with Crippen molar-refractivity contribution in [2.24, 2.45) is 0 Å². The van der Waals surface area contributed by atoms with Gasteiger partial charge in [0, 0.05) is 24.0 Å². The van der Waals surface area contributed by atoms with E-state index in [9.17, 15) is 18.0 Å². The summed E-state index contributed by atoms with van der Waals surface area (Å²) in [5, 5.41) is 2.85. The Hall–Kier alpha value is -3.17. The van der Waals surface area contributed by atoms with E-state index in [-0.39, 0.29) is 12.5 Å². The molecule has 0 saturated carbocycles. The number of sulfonamides is 1. The maximum atomic E-state index is 13.9. The zero-order valence-corrected chi connectivity index (χ0v) is 23.6. The van der Waals surface area contributed by atoms with Gasteiger partial charge in [-0.1, -0.05) is 76.6 Å². The van der Waals surface area contributed by atoms with E-state index >= 15 is 0 Å². The average Bonchev–Trinajstić information content (AvgIpc) is 2.85. The molecule has 0 fully saturated rings. The number of carbonyl (C=O) groups is 2. The van der Waals surface area contributed by atoms with Crippen molar-refractivity contribution in [1.29, 1.82) is 0 Å². The van der Waals surface area contributed by atoms with Crippen LogP contribution in [0.2, 0.25) is 0 Å². The summed E-state index contributed by atoms with van der Waals surface area (Å²) in [4.78, 5) is 28.8. The molecule has 0 aliphatic rings. The van der Waals surface area contributed by atoms with Crippen LogP contribution in [0.3, 0.4) is 0 Å². The highest BCUT2D eigenvalue weighted by Gasteiger charge is 2.33. The second-order valence-corrected chi connectivity index (χ2v) is 11.6. The van der Waals surface area contributed by atoms with E-state index in [2.05, 4.69) is 21.2 Å². The maximum Gasteiger partial charge on any atom is 0.244 e. The highest BCUT2D eigenvalue weighted by molar-refractivity contribution is 9.10. The number of nitrogens with one attached hydrogen (secondary N) is 1. The number of amides is 2. The van der Waals surface area contributed by atoms with Crippen LogP contribution in [0.5, 0.6) is 0 Å². The molecule has 0 heterocycles. The standard InChI is InChI=1S/C28H32BrN3O4S/c1-4-30-28(34)26(17-22-12-6-5-7-13-22)31(19-23-14-9-8-11-21(23)2)27(33)20-32(37(3,35)36)25-16-10-15-24(29)18-25/h5-16,18,26H,4,17,19-20H2,1-3H3,(H,30,34). The summed E-state index contributed by atoms with van der Waals surface area (Å²) in [6.07, 6.45) is 1.36. The molecule has 3 rings (SSSR count). The van der Waals surface area contributed by atoms with Gasteiger partial charge in [-0.25, -0.2) is 8.42 Å². The Morgan fingerprint density at radius 1 is 0.973 bits per heavy atom. The molecule has 0 aliphatic carbocycles. The summed E-state index contributed by atoms with van der Waals surface area (Å²) >= 11 is 3.37. The lowest BCUT2D eigenvalue weighted by Crippen LogP contribution is -2.53. The third-order valence-corrected chi connectivity index (χ3v) is 7.63. The topological polar surface area (TPSA) is 86.8 Å². The molecule has 3 aromatic rings. The molecule has 3 aromatic carbocycles. The fourth-order valence-corrected chi connectivity index (χ4v) is 5.29. The van der Waals surface area contributed by atoms with Crippen LogP contribution in [-0.2, 0) is 32.6 Å². The van der Waals surface area contributed by atoms with E-state index < -0.39 is 28.5 Å². The lowest BCUT2D eigenvalue weighted by molar-refractivity contribution is -0.140. The van der Waals surface area contributed by atoms with E-state index in [0.717, 1.165) is 27.3 Å². The van der Waals surface area contributed by atoms with Gasteiger partial charge in [-0.15, -0.1) is 0 Å². The smallest absolute Gasteiger partial charge is 0.244 e. The van der Waals surface area contributed by atoms with Gasteiger partial charge in [0.25, 0.3) is 0 Å². The normalized spacial score (nSPS) is 12.0. The SMILES string of the molecule is CCNC(=O)C(Cc1ccccc1)N(Cc1ccccc1C)C(=O)CN(c1cccc(Br)c1)S(C)(=O)=O. The number of likely N-dealkylation sites (N-methyl/N-ethyl adjacent to an activating group) is 1. The number of nitrogens with zero attached hydrogens (tertiary/aromatic N) is 2. The Kier molecular flexibility index (Phi) is 9.88. The summed E-state index contributed by atoms with van der Waals surface area (Å²) in [5.41, 5.74) is 3.11. The molecule has 0 bridgehead atoms. The van der Waals surface area contributed by atoms with E-state index in [1.54, 1.807) is 24.3 Å². The molecule has 7 nitrogen and oxygen atoms in total. The maximum absolute atomic E-state index is 13.9. The number of aryl methyl sites for hydroxylation is 1. The zero-order chi connectivity index (χ0) is 27.0. The second kappa shape index (κ2) is 12.9. The van der Waals surface area contributed by atoms with Gasteiger partial charge in [0.1, 0.15) is 12.6 Å². The van der Waals surface area contributed by atoms with Crippen LogP contribution in [0.15, 0.2) is 83.3 Å². The number of rotatable bonds is 11. The van der Waals surface area contributed by atoms with Crippen LogP contribution in [-0.4, -0.2) is 50.5 Å². The summed E-state index contributed by atoms with van der Waals surface area (Å²) < 4.78 is 27.3. The van der Waals surface area contributed by atoms with Gasteiger partial charge in [-0.05, 0) is 48.7 Å². The van der Waals surface area contributed by atoms with E-state index in [0.29, 0.717) is 23.1 Å². The monoisotopic (exact) mass is 585 g/mol. The van der Waals surface area contributed by atoms with Crippen molar-refractivity contribution in [2.75, 3.05) is 23.7 Å². The summed E-state index contributed by atoms with van der Waals surface area (Å²) in [7, 11) is -3.79. The van der Waals surface area contributed by atoms with Crippen molar-refractivity contribution in [3.8, 4) is 0 Å². The highest BCUT2D eigenvalue weighted by Crippen LogP contribution is 2.24. The fraction of sp³-hybridized carbons (Fsp3) is 0.286. The second-order valence-electron chi connectivity index (χ2n) is 8.80. The zero-order valence-electron chi connectivity index (χ0n) is 21.2. The molecular formula is C28H32BrN3O4S. The minimum absolute atomic E-state index is 0.163. The summed E-state index contributed by atoms with van der Waals surface area (Å²) in [5.74, 6) is -0.762. The van der Waals surface area contributed by atoms with Crippen LogP contribution < -0.4 is 9.62 Å². The van der Waals surface area contributed by atoms with E-state index in [4.69, 9.17) is 0 Å². The lowest BCUT2D eigenvalue weighted by atomic mass is 10.0. The van der Waals surface area contributed by atoms with Gasteiger partial charge in [-0.3, -0.25) is 13.9 Å². The lowest BCUT2D eigenvalue weighted by Gasteiger charge is -2.33. The van der Waals surface area contributed by atoms with E-state index in [1.165, 1.54) is 4.90 Å². The van der Waals surface area contributed by atoms with Crippen LogP contribution in [0.25, 0.3) is 0 Å². The molecule has 37 heavy (non-hydrogen) atoms. The largest absolute Gasteiger partial charge is 0.355 e. The first-order valence-electron chi connectivity index (χ1n) is 12.0. The molecule has 196 valence electrons. The molecule has 9 heteroatoms. The Morgan fingerprint density at radius 2 is 1.65 bits per heavy atom. The van der Waals surface area contributed by atoms with Crippen molar-refractivity contribution in [3.63, 3.8) is 0 Å². The number of benzene rings is 3. The average molecular weight is 587 g/mol. The predicted octanol–water partition coefficient (Wildman–Crippen LogP) is 4.30. The quantitative estimate of drug-likeness (QED) is 0.363. The van der Waals surface area contributed by atoms with Gasteiger partial charge in [0.15, 0.2) is 0 Å². The number of anilines is 1. The number of hydrogen-bond donors (Lipinski definition) is 1. The van der Waals surface area contributed by atoms with Gasteiger partial charge >= 0.3 is 0 Å². The van der Waals surface area contributed by atoms with Gasteiger partial charge in [-0.2, -0.15) is 0 Å². The van der Waals surface area contributed by atoms with Crippen LogP contribution >= 0.6 is 15.9 Å². The molecule has 0 radical (unpaired) electrons. The third-order valence-electron chi connectivity index (χ3n) is 6.00. The minimum Gasteiger partial charge on any atom is -0.355 e. The van der Waals surface area contributed by atoms with Gasteiger partial charge in [0.05, 0.1) is 11.9 Å². The summed E-state index contributed by atoms with van der Waals surface area (Å²) in [6.45, 7) is 3.90. The molecular weight excluding hydrogens is 554 g/mol. The molecule has 0 aliphatic heterocycles. The van der Waals surface area contributed by atoms with Gasteiger partial charge < -0.3 is 10.2 Å². The molecule has 0 spiro atoms. The van der Waals surface area contributed by atoms with Crippen LogP contribution in [0, 0.1) is 6.92 Å². The van der Waals surface area contributed by atoms with Crippen molar-refractivity contribution in [3.05, 3.63) is 100 Å². The third kappa shape index (κ3) is 7.90. The van der Waals surface area contributed by atoms with Crippen molar-refractivity contribution in [1.82, 2.24) is 10.2 Å². The van der Waals surface area contributed by atoms with Crippen molar-refractivity contribution >= 4 is 43.5 Å². The Balaban J connectivity index is 2.05. The predicted molar refractivity (Wildman–Crippen MR) is 151 cm³/mol. The minimum atomic E-state index is -3.79. The Bertz CT molecular complexity index is 1330. The first-order chi connectivity index (χ1) is 17.6. The Labute approximate surface area is 227 Å². The van der Waals surface area contributed by atoms with Crippen molar-refractivity contribution < 1.29 is 18.0 Å². The van der Waals surface area contributed by atoms with Crippen molar-refractivity contribution in [2.45, 2.75) is 32.9 Å². The number of hydrogen-bond acceptors (Lipinski definition) is 4. The number of halogens is 1. The molecule has 1 N–H and O–H groups in total. The van der Waals surface area contributed by atoms with Crippen LogP contribution in [0.1, 0.15) is 23.6 Å². The summed E-state index contributed by atoms with van der Waals surface area (Å²) in [6, 6.07) is 23.1. The highest BCUT2D eigenvalue weighted by atomic mass is 79.9.